The van der Waals surface area contributed by atoms with Crippen LogP contribution in [-0.4, -0.2) is 5.84 Å². The summed E-state index contributed by atoms with van der Waals surface area (Å²) in [6.45, 7) is 3.88. The first kappa shape index (κ1) is 7.21. The lowest BCUT2D eigenvalue weighted by Crippen LogP contribution is -2.08. The molecule has 0 aromatic rings. The van der Waals surface area contributed by atoms with Crippen molar-refractivity contribution in [3.05, 3.63) is 12.3 Å². The Kier molecular flexibility index (Phi) is 3.94. The van der Waals surface area contributed by atoms with Crippen LogP contribution in [0.1, 0.15) is 20.3 Å². The van der Waals surface area contributed by atoms with E-state index >= 15 is 0 Å². The Morgan fingerprint density at radius 1 is 1.75 bits per heavy atom. The molecule has 0 spiro atoms. The van der Waals surface area contributed by atoms with Crippen molar-refractivity contribution in [1.82, 2.24) is 0 Å². The highest BCUT2D eigenvalue weighted by atomic mass is 14.8. The predicted molar refractivity (Wildman–Crippen MR) is 36.7 cm³/mol. The molecule has 0 saturated heterocycles. The molecule has 2 heteroatoms. The molecule has 0 heterocycles. The fourth-order valence-electron chi connectivity index (χ4n) is 0.262. The SMILES string of the molecule is C/C=C\N=C(\N)CC. The molecule has 0 aromatic carbocycles. The highest BCUT2D eigenvalue weighted by molar-refractivity contribution is 5.80. The van der Waals surface area contributed by atoms with Crippen molar-refractivity contribution in [2.75, 3.05) is 0 Å². The number of hydrogen-bond donors (Lipinski definition) is 1. The Labute approximate surface area is 50.1 Å². The lowest BCUT2D eigenvalue weighted by Gasteiger charge is -1.86. The van der Waals surface area contributed by atoms with Crippen molar-refractivity contribution in [2.45, 2.75) is 20.3 Å². The lowest BCUT2D eigenvalue weighted by atomic mass is 10.5. The number of aliphatic imine (C=N–C) groups is 1. The fraction of sp³-hybridized carbons (Fsp3) is 0.500. The van der Waals surface area contributed by atoms with Crippen LogP contribution < -0.4 is 5.73 Å². The predicted octanol–water partition coefficient (Wildman–Crippen LogP) is 1.29. The van der Waals surface area contributed by atoms with Crippen LogP contribution in [0.2, 0.25) is 0 Å². The van der Waals surface area contributed by atoms with Crippen molar-refractivity contribution >= 4 is 5.84 Å². The number of hydrogen-bond acceptors (Lipinski definition) is 1. The Balaban J connectivity index is 3.57. The monoisotopic (exact) mass is 112 g/mol. The second kappa shape index (κ2) is 4.37. The van der Waals surface area contributed by atoms with Crippen LogP contribution in [0.4, 0.5) is 0 Å². The van der Waals surface area contributed by atoms with Crippen LogP contribution in [0.15, 0.2) is 17.3 Å². The number of amidine groups is 1. The van der Waals surface area contributed by atoms with E-state index in [0.717, 1.165) is 6.42 Å². The molecule has 0 rings (SSSR count). The summed E-state index contributed by atoms with van der Waals surface area (Å²) in [5.74, 6) is 0.683. The molecule has 0 fully saturated rings. The molecule has 0 aliphatic rings. The summed E-state index contributed by atoms with van der Waals surface area (Å²) < 4.78 is 0. The average molecular weight is 112 g/mol. The van der Waals surface area contributed by atoms with Crippen molar-refractivity contribution in [3.8, 4) is 0 Å². The van der Waals surface area contributed by atoms with Gasteiger partial charge in [0.2, 0.25) is 0 Å². The van der Waals surface area contributed by atoms with Crippen LogP contribution in [0.5, 0.6) is 0 Å². The van der Waals surface area contributed by atoms with Gasteiger partial charge in [0, 0.05) is 12.6 Å². The normalized spacial score (nSPS) is 13.0. The maximum atomic E-state index is 5.36. The minimum Gasteiger partial charge on any atom is -0.387 e. The van der Waals surface area contributed by atoms with Crippen LogP contribution in [0.3, 0.4) is 0 Å². The minimum atomic E-state index is 0.683. The summed E-state index contributed by atoms with van der Waals surface area (Å²) in [4.78, 5) is 3.88. The zero-order valence-corrected chi connectivity index (χ0v) is 5.39. The first-order valence-electron chi connectivity index (χ1n) is 2.74. The van der Waals surface area contributed by atoms with Gasteiger partial charge >= 0.3 is 0 Å². The van der Waals surface area contributed by atoms with Gasteiger partial charge in [0.15, 0.2) is 0 Å². The molecule has 0 saturated carbocycles. The maximum absolute atomic E-state index is 5.36. The molecule has 0 aromatic heterocycles. The number of allylic oxidation sites excluding steroid dienone is 1. The van der Waals surface area contributed by atoms with Crippen LogP contribution in [-0.2, 0) is 0 Å². The zero-order valence-electron chi connectivity index (χ0n) is 5.39. The lowest BCUT2D eigenvalue weighted by molar-refractivity contribution is 1.23. The second-order valence-electron chi connectivity index (χ2n) is 1.46. The smallest absolute Gasteiger partial charge is 0.0986 e. The summed E-state index contributed by atoms with van der Waals surface area (Å²) in [5.41, 5.74) is 5.36. The minimum absolute atomic E-state index is 0.683. The van der Waals surface area contributed by atoms with E-state index < -0.39 is 0 Å². The van der Waals surface area contributed by atoms with Gasteiger partial charge in [-0.3, -0.25) is 0 Å². The molecular weight excluding hydrogens is 100 g/mol. The third-order valence-electron chi connectivity index (χ3n) is 0.752. The molecular formula is C6H12N2. The maximum Gasteiger partial charge on any atom is 0.0986 e. The van der Waals surface area contributed by atoms with E-state index in [4.69, 9.17) is 5.73 Å². The van der Waals surface area contributed by atoms with E-state index in [-0.39, 0.29) is 0 Å². The Morgan fingerprint density at radius 2 is 2.38 bits per heavy atom. The van der Waals surface area contributed by atoms with Gasteiger partial charge < -0.3 is 5.73 Å². The molecule has 0 aliphatic heterocycles. The number of nitrogens with zero attached hydrogens (tertiary/aromatic N) is 1. The first-order valence-corrected chi connectivity index (χ1v) is 2.74. The molecule has 46 valence electrons. The number of rotatable bonds is 2. The molecule has 0 atom stereocenters. The highest BCUT2D eigenvalue weighted by Gasteiger charge is 1.77. The molecule has 8 heavy (non-hydrogen) atoms. The third kappa shape index (κ3) is 3.40. The van der Waals surface area contributed by atoms with E-state index in [1.807, 2.05) is 19.9 Å². The molecule has 2 N–H and O–H groups in total. The van der Waals surface area contributed by atoms with E-state index in [0.29, 0.717) is 5.84 Å². The van der Waals surface area contributed by atoms with E-state index in [1.54, 1.807) is 6.20 Å². The molecule has 0 amide bonds. The summed E-state index contributed by atoms with van der Waals surface area (Å²) in [6.07, 6.45) is 4.37. The van der Waals surface area contributed by atoms with Crippen molar-refractivity contribution in [2.24, 2.45) is 10.7 Å². The van der Waals surface area contributed by atoms with Gasteiger partial charge in [-0.2, -0.15) is 0 Å². The fourth-order valence-corrected chi connectivity index (χ4v) is 0.262. The van der Waals surface area contributed by atoms with Crippen molar-refractivity contribution in [1.29, 1.82) is 0 Å². The van der Waals surface area contributed by atoms with Gasteiger partial charge in [-0.05, 0) is 6.92 Å². The van der Waals surface area contributed by atoms with Crippen LogP contribution >= 0.6 is 0 Å². The van der Waals surface area contributed by atoms with Crippen molar-refractivity contribution in [3.63, 3.8) is 0 Å². The Morgan fingerprint density at radius 3 is 2.75 bits per heavy atom. The summed E-state index contributed by atoms with van der Waals surface area (Å²) in [7, 11) is 0. The largest absolute Gasteiger partial charge is 0.387 e. The van der Waals surface area contributed by atoms with Gasteiger partial charge in [0.25, 0.3) is 0 Å². The Bertz CT molecular complexity index is 103. The first-order chi connectivity index (χ1) is 3.81. The van der Waals surface area contributed by atoms with E-state index in [2.05, 4.69) is 4.99 Å². The van der Waals surface area contributed by atoms with Crippen molar-refractivity contribution < 1.29 is 0 Å². The summed E-state index contributed by atoms with van der Waals surface area (Å²) in [5, 5.41) is 0. The van der Waals surface area contributed by atoms with E-state index in [1.165, 1.54) is 0 Å². The van der Waals surface area contributed by atoms with Gasteiger partial charge in [-0.1, -0.05) is 13.0 Å². The van der Waals surface area contributed by atoms with Gasteiger partial charge in [-0.25, -0.2) is 4.99 Å². The standard InChI is InChI=1S/C6H12N2/c1-3-5-8-6(7)4-2/h3,5H,4H2,1-2H3,(H2,7,8)/b5-3-. The topological polar surface area (TPSA) is 38.4 Å². The van der Waals surface area contributed by atoms with Gasteiger partial charge in [0.1, 0.15) is 0 Å². The molecule has 2 nitrogen and oxygen atoms in total. The highest BCUT2D eigenvalue weighted by Crippen LogP contribution is 1.78. The molecule has 0 aliphatic carbocycles. The zero-order chi connectivity index (χ0) is 6.41. The quantitative estimate of drug-likeness (QED) is 0.424. The van der Waals surface area contributed by atoms with E-state index in [9.17, 15) is 0 Å². The molecule has 0 radical (unpaired) electrons. The van der Waals surface area contributed by atoms with Crippen LogP contribution in [0.25, 0.3) is 0 Å². The molecule has 0 bridgehead atoms. The van der Waals surface area contributed by atoms with Crippen LogP contribution in [0, 0.1) is 0 Å². The Hall–Kier alpha value is -0.790. The average Bonchev–Trinajstić information content (AvgIpc) is 1.83. The second-order valence-corrected chi connectivity index (χ2v) is 1.46. The molecule has 0 unspecified atom stereocenters. The summed E-state index contributed by atoms with van der Waals surface area (Å²) >= 11 is 0. The number of nitrogens with two attached hydrogens (primary N) is 1. The summed E-state index contributed by atoms with van der Waals surface area (Å²) in [6, 6.07) is 0. The van der Waals surface area contributed by atoms with Gasteiger partial charge in [-0.15, -0.1) is 0 Å². The van der Waals surface area contributed by atoms with Gasteiger partial charge in [0.05, 0.1) is 5.84 Å². The third-order valence-corrected chi connectivity index (χ3v) is 0.752.